The highest BCUT2D eigenvalue weighted by molar-refractivity contribution is 6.20. The Morgan fingerprint density at radius 1 is 1.06 bits per heavy atom. The number of ketones is 1. The highest BCUT2D eigenvalue weighted by Crippen LogP contribution is 2.45. The van der Waals surface area contributed by atoms with E-state index in [-0.39, 0.29) is 22.8 Å². The van der Waals surface area contributed by atoms with Crippen LogP contribution in [0.25, 0.3) is 0 Å². The van der Waals surface area contributed by atoms with E-state index >= 15 is 0 Å². The van der Waals surface area contributed by atoms with Gasteiger partial charge in [0.2, 0.25) is 5.78 Å². The molecular weight excluding hydrogens is 420 g/mol. The summed E-state index contributed by atoms with van der Waals surface area (Å²) in [5, 5.41) is 21.4. The maximum Gasteiger partial charge on any atom is 0.294 e. The molecule has 0 bridgehead atoms. The summed E-state index contributed by atoms with van der Waals surface area (Å²) < 4.78 is 5.26. The van der Waals surface area contributed by atoms with Gasteiger partial charge in [0.25, 0.3) is 5.91 Å². The minimum Gasteiger partial charge on any atom is -0.506 e. The number of aromatic hydroxyl groups is 1. The summed E-state index contributed by atoms with van der Waals surface area (Å²) in [6.07, 6.45) is 1.36. The number of Topliss-reactive ketones (excluding diaryl/α,β-unsaturated/α-hetero) is 1. The molecule has 0 spiro atoms. The first-order valence-corrected chi connectivity index (χ1v) is 10.9. The maximum atomic E-state index is 13.3. The zero-order valence-corrected chi connectivity index (χ0v) is 18.8. The molecule has 7 heteroatoms. The third-order valence-electron chi connectivity index (χ3n) is 5.93. The summed E-state index contributed by atoms with van der Waals surface area (Å²) in [5.74, 6) is -2.11. The Balaban J connectivity index is 1.87. The van der Waals surface area contributed by atoms with Crippen LogP contribution in [0.3, 0.4) is 0 Å². The van der Waals surface area contributed by atoms with Crippen LogP contribution < -0.4 is 9.80 Å². The molecule has 1 unspecified atom stereocenters. The number of carbonyl (C=O) groups excluding carboxylic acids is 2. The lowest BCUT2D eigenvalue weighted by atomic mass is 9.94. The first-order chi connectivity index (χ1) is 15.9. The number of carbonyl (C=O) groups is 2. The van der Waals surface area contributed by atoms with E-state index in [0.717, 1.165) is 24.3 Å². The van der Waals surface area contributed by atoms with Crippen LogP contribution in [0.15, 0.2) is 76.6 Å². The van der Waals surface area contributed by atoms with Crippen molar-refractivity contribution >= 4 is 23.1 Å². The van der Waals surface area contributed by atoms with Crippen LogP contribution in [-0.4, -0.2) is 35.0 Å². The molecule has 0 radical (unpaired) electrons. The van der Waals surface area contributed by atoms with Gasteiger partial charge in [-0.05, 0) is 68.3 Å². The van der Waals surface area contributed by atoms with Crippen LogP contribution in [0.1, 0.15) is 41.6 Å². The molecule has 7 nitrogen and oxygen atoms in total. The average molecular weight is 447 g/mol. The number of aliphatic hydroxyl groups is 1. The fourth-order valence-corrected chi connectivity index (χ4v) is 4.22. The minimum absolute atomic E-state index is 0.0180. The summed E-state index contributed by atoms with van der Waals surface area (Å²) in [4.78, 5) is 29.9. The van der Waals surface area contributed by atoms with E-state index in [0.29, 0.717) is 5.56 Å². The van der Waals surface area contributed by atoms with E-state index in [4.69, 9.17) is 4.42 Å². The van der Waals surface area contributed by atoms with Crippen LogP contribution in [0.5, 0.6) is 5.75 Å². The Labute approximate surface area is 192 Å². The smallest absolute Gasteiger partial charge is 0.294 e. The zero-order chi connectivity index (χ0) is 23.7. The van der Waals surface area contributed by atoms with Crippen molar-refractivity contribution in [1.29, 1.82) is 0 Å². The van der Waals surface area contributed by atoms with Crippen molar-refractivity contribution in [3.05, 3.63) is 89.1 Å². The SMILES string of the molecule is CCN(CC)c1ccc(C2C(C(=O)c3ccco3)=C(O)C(=O)N2c2cc(C)ccc2O)cc1. The third-order valence-corrected chi connectivity index (χ3v) is 5.93. The van der Waals surface area contributed by atoms with Crippen molar-refractivity contribution in [3.63, 3.8) is 0 Å². The van der Waals surface area contributed by atoms with Gasteiger partial charge in [0, 0.05) is 18.8 Å². The summed E-state index contributed by atoms with van der Waals surface area (Å²) in [6, 6.07) is 14.5. The van der Waals surface area contributed by atoms with Gasteiger partial charge < -0.3 is 19.5 Å². The van der Waals surface area contributed by atoms with Crippen LogP contribution in [-0.2, 0) is 4.79 Å². The fourth-order valence-electron chi connectivity index (χ4n) is 4.22. The summed E-state index contributed by atoms with van der Waals surface area (Å²) in [6.45, 7) is 7.64. The molecule has 170 valence electrons. The Kier molecular flexibility index (Phi) is 5.96. The van der Waals surface area contributed by atoms with Gasteiger partial charge in [-0.25, -0.2) is 0 Å². The second kappa shape index (κ2) is 8.86. The van der Waals surface area contributed by atoms with Crippen LogP contribution >= 0.6 is 0 Å². The van der Waals surface area contributed by atoms with Crippen molar-refractivity contribution < 1.29 is 24.2 Å². The van der Waals surface area contributed by atoms with Gasteiger partial charge in [0.1, 0.15) is 5.75 Å². The number of benzene rings is 2. The molecule has 0 saturated carbocycles. The molecule has 2 aromatic carbocycles. The van der Waals surface area contributed by atoms with Gasteiger partial charge in [0.15, 0.2) is 11.5 Å². The number of aliphatic hydroxyl groups excluding tert-OH is 1. The number of furan rings is 1. The first-order valence-electron chi connectivity index (χ1n) is 10.9. The number of hydrogen-bond donors (Lipinski definition) is 2. The number of nitrogens with zero attached hydrogens (tertiary/aromatic N) is 2. The lowest BCUT2D eigenvalue weighted by molar-refractivity contribution is -0.117. The Morgan fingerprint density at radius 2 is 1.76 bits per heavy atom. The van der Waals surface area contributed by atoms with Crippen LogP contribution in [0.2, 0.25) is 0 Å². The van der Waals surface area contributed by atoms with Gasteiger partial charge in [-0.3, -0.25) is 14.5 Å². The third kappa shape index (κ3) is 3.86. The highest BCUT2D eigenvalue weighted by atomic mass is 16.3. The van der Waals surface area contributed by atoms with Gasteiger partial charge in [0.05, 0.1) is 23.6 Å². The summed E-state index contributed by atoms with van der Waals surface area (Å²) in [5.41, 5.74) is 2.57. The first kappa shape index (κ1) is 22.2. The van der Waals surface area contributed by atoms with E-state index in [2.05, 4.69) is 18.7 Å². The van der Waals surface area contributed by atoms with Crippen molar-refractivity contribution in [3.8, 4) is 5.75 Å². The van der Waals surface area contributed by atoms with Gasteiger partial charge in [-0.2, -0.15) is 0 Å². The lowest BCUT2D eigenvalue weighted by Gasteiger charge is -2.28. The Morgan fingerprint density at radius 3 is 2.36 bits per heavy atom. The molecule has 0 aliphatic carbocycles. The lowest BCUT2D eigenvalue weighted by Crippen LogP contribution is -2.31. The highest BCUT2D eigenvalue weighted by Gasteiger charge is 2.46. The summed E-state index contributed by atoms with van der Waals surface area (Å²) >= 11 is 0. The predicted molar refractivity (Wildman–Crippen MR) is 126 cm³/mol. The summed E-state index contributed by atoms with van der Waals surface area (Å²) in [7, 11) is 0. The monoisotopic (exact) mass is 446 g/mol. The average Bonchev–Trinajstić information content (AvgIpc) is 3.44. The van der Waals surface area contributed by atoms with Crippen molar-refractivity contribution in [2.24, 2.45) is 0 Å². The van der Waals surface area contributed by atoms with E-state index in [1.807, 2.05) is 31.2 Å². The molecule has 3 aromatic rings. The largest absolute Gasteiger partial charge is 0.506 e. The van der Waals surface area contributed by atoms with E-state index in [1.54, 1.807) is 18.2 Å². The second-order valence-electron chi connectivity index (χ2n) is 7.90. The molecule has 2 heterocycles. The van der Waals surface area contributed by atoms with Crippen LogP contribution in [0, 0.1) is 6.92 Å². The Bertz CT molecular complexity index is 1210. The molecule has 4 rings (SSSR count). The van der Waals surface area contributed by atoms with Crippen molar-refractivity contribution in [1.82, 2.24) is 0 Å². The van der Waals surface area contributed by atoms with E-state index < -0.39 is 23.5 Å². The molecule has 0 saturated heterocycles. The molecule has 1 aromatic heterocycles. The molecule has 2 N–H and O–H groups in total. The maximum absolute atomic E-state index is 13.3. The fraction of sp³-hybridized carbons (Fsp3) is 0.231. The normalized spacial score (nSPS) is 15.9. The molecule has 0 fully saturated rings. The van der Waals surface area contributed by atoms with Gasteiger partial charge >= 0.3 is 0 Å². The molecule has 1 aliphatic heterocycles. The second-order valence-corrected chi connectivity index (χ2v) is 7.90. The van der Waals surface area contributed by atoms with Crippen molar-refractivity contribution in [2.75, 3.05) is 22.9 Å². The topological polar surface area (TPSA) is 94.2 Å². The quantitative estimate of drug-likeness (QED) is 0.500. The molecular formula is C26H26N2O5. The number of hydrogen-bond acceptors (Lipinski definition) is 6. The van der Waals surface area contributed by atoms with E-state index in [1.165, 1.54) is 23.3 Å². The number of amides is 1. The number of phenols is 1. The van der Waals surface area contributed by atoms with Crippen LogP contribution in [0.4, 0.5) is 11.4 Å². The van der Waals surface area contributed by atoms with Crippen molar-refractivity contribution in [2.45, 2.75) is 26.8 Å². The number of rotatable bonds is 7. The number of phenolic OH excluding ortho intramolecular Hbond substituents is 1. The van der Waals surface area contributed by atoms with Gasteiger partial charge in [-0.15, -0.1) is 0 Å². The Hall–Kier alpha value is -4.00. The molecule has 1 aliphatic rings. The van der Waals surface area contributed by atoms with E-state index in [9.17, 15) is 19.8 Å². The predicted octanol–water partition coefficient (Wildman–Crippen LogP) is 4.92. The minimum atomic E-state index is -0.937. The van der Waals surface area contributed by atoms with Gasteiger partial charge in [-0.1, -0.05) is 18.2 Å². The molecule has 1 amide bonds. The molecule has 1 atom stereocenters. The standard InChI is InChI=1S/C26H26N2O5/c1-4-27(5-2)18-11-9-17(10-12-18)23-22(24(30)21-7-6-14-33-21)25(31)26(32)28(23)19-15-16(3)8-13-20(19)29/h6-15,23,29,31H,4-5H2,1-3H3. The molecule has 33 heavy (non-hydrogen) atoms. The number of anilines is 2. The zero-order valence-electron chi connectivity index (χ0n) is 18.8. The number of aryl methyl sites for hydroxylation is 1.